The van der Waals surface area contributed by atoms with Crippen LogP contribution >= 0.6 is 0 Å². The lowest BCUT2D eigenvalue weighted by Crippen LogP contribution is -2.54. The third-order valence-electron chi connectivity index (χ3n) is 4.05. The van der Waals surface area contributed by atoms with E-state index in [1.165, 1.54) is 0 Å². The summed E-state index contributed by atoms with van der Waals surface area (Å²) in [6.45, 7) is 0.851. The van der Waals surface area contributed by atoms with E-state index < -0.39 is 0 Å². The summed E-state index contributed by atoms with van der Waals surface area (Å²) in [6, 6.07) is -0.258. The highest BCUT2D eigenvalue weighted by atomic mass is 16.1. The highest BCUT2D eigenvalue weighted by Gasteiger charge is 2.35. The zero-order valence-electron chi connectivity index (χ0n) is 10.4. The smallest absolute Gasteiger partial charge is 0.234 e. The van der Waals surface area contributed by atoms with Gasteiger partial charge in [-0.15, -0.1) is 0 Å². The van der Waals surface area contributed by atoms with E-state index in [4.69, 9.17) is 5.73 Å². The van der Waals surface area contributed by atoms with Crippen molar-refractivity contribution in [1.82, 2.24) is 4.90 Å². The van der Waals surface area contributed by atoms with Crippen molar-refractivity contribution in [2.24, 2.45) is 5.73 Å². The molecule has 0 bridgehead atoms. The normalized spacial score (nSPS) is 32.1. The molecule has 2 atom stereocenters. The second-order valence-corrected chi connectivity index (χ2v) is 5.23. The summed E-state index contributed by atoms with van der Waals surface area (Å²) >= 11 is 0. The van der Waals surface area contributed by atoms with E-state index in [-0.39, 0.29) is 18.0 Å². The van der Waals surface area contributed by atoms with Crippen molar-refractivity contribution >= 4 is 11.7 Å². The van der Waals surface area contributed by atoms with Gasteiger partial charge in [-0.05, 0) is 32.2 Å². The minimum Gasteiger partial charge on any atom is -0.368 e. The molecule has 1 amide bonds. The Morgan fingerprint density at radius 2 is 1.88 bits per heavy atom. The summed E-state index contributed by atoms with van der Waals surface area (Å²) in [5.41, 5.74) is 5.46. The van der Waals surface area contributed by atoms with Crippen molar-refractivity contribution < 1.29 is 9.59 Å². The van der Waals surface area contributed by atoms with Crippen LogP contribution in [0.1, 0.15) is 51.4 Å². The Morgan fingerprint density at radius 3 is 2.65 bits per heavy atom. The number of Topliss-reactive ketones (excluding diaryl/α,β-unsaturated/α-hetero) is 1. The van der Waals surface area contributed by atoms with Crippen LogP contribution in [-0.2, 0) is 9.59 Å². The predicted molar refractivity (Wildman–Crippen MR) is 65.4 cm³/mol. The molecule has 0 radical (unpaired) electrons. The van der Waals surface area contributed by atoms with Gasteiger partial charge in [0.2, 0.25) is 5.91 Å². The van der Waals surface area contributed by atoms with Gasteiger partial charge >= 0.3 is 0 Å². The maximum Gasteiger partial charge on any atom is 0.234 e. The Kier molecular flexibility index (Phi) is 4.15. The Labute approximate surface area is 103 Å². The maximum absolute atomic E-state index is 12.1. The van der Waals surface area contributed by atoms with Gasteiger partial charge in [-0.25, -0.2) is 0 Å². The number of carbonyl (C=O) groups excluding carboxylic acids is 2. The third-order valence-corrected chi connectivity index (χ3v) is 4.05. The number of likely N-dealkylation sites (tertiary alicyclic amines) is 1. The highest BCUT2D eigenvalue weighted by molar-refractivity contribution is 5.86. The molecule has 4 nitrogen and oxygen atoms in total. The molecule has 2 unspecified atom stereocenters. The first-order valence-corrected chi connectivity index (χ1v) is 6.78. The van der Waals surface area contributed by atoms with Gasteiger partial charge in [0.15, 0.2) is 0 Å². The van der Waals surface area contributed by atoms with Gasteiger partial charge in [0.05, 0.1) is 12.1 Å². The Bertz CT molecular complexity index is 304. The van der Waals surface area contributed by atoms with Gasteiger partial charge in [-0.3, -0.25) is 14.5 Å². The summed E-state index contributed by atoms with van der Waals surface area (Å²) in [4.78, 5) is 25.6. The third kappa shape index (κ3) is 2.86. The Morgan fingerprint density at radius 1 is 1.12 bits per heavy atom. The van der Waals surface area contributed by atoms with E-state index in [0.29, 0.717) is 12.2 Å². The maximum atomic E-state index is 12.1. The fraction of sp³-hybridized carbons (Fsp3) is 0.846. The molecule has 0 aromatic heterocycles. The van der Waals surface area contributed by atoms with Gasteiger partial charge in [0.25, 0.3) is 0 Å². The lowest BCUT2D eigenvalue weighted by molar-refractivity contribution is -0.131. The van der Waals surface area contributed by atoms with Crippen LogP contribution in [-0.4, -0.2) is 35.2 Å². The average molecular weight is 238 g/mol. The van der Waals surface area contributed by atoms with E-state index in [1.807, 2.05) is 0 Å². The zero-order chi connectivity index (χ0) is 12.3. The first kappa shape index (κ1) is 12.6. The zero-order valence-corrected chi connectivity index (χ0v) is 10.4. The standard InChI is InChI=1S/C13H22N2O2/c14-13(17)11-7-4-5-9-15(11)10-6-2-1-3-8-12(10)16/h10-11H,1-9H2,(H2,14,17). The molecule has 2 N–H and O–H groups in total. The number of rotatable bonds is 2. The van der Waals surface area contributed by atoms with Gasteiger partial charge in [-0.1, -0.05) is 19.3 Å². The van der Waals surface area contributed by atoms with E-state index in [1.54, 1.807) is 0 Å². The van der Waals surface area contributed by atoms with E-state index in [0.717, 1.165) is 51.5 Å². The highest BCUT2D eigenvalue weighted by Crippen LogP contribution is 2.26. The number of piperidine rings is 1. The van der Waals surface area contributed by atoms with Gasteiger partial charge in [0, 0.05) is 6.42 Å². The van der Waals surface area contributed by atoms with Crippen LogP contribution in [0.5, 0.6) is 0 Å². The number of nitrogens with zero attached hydrogens (tertiary/aromatic N) is 1. The number of carbonyl (C=O) groups is 2. The summed E-state index contributed by atoms with van der Waals surface area (Å²) < 4.78 is 0. The second-order valence-electron chi connectivity index (χ2n) is 5.23. The molecule has 1 saturated heterocycles. The molecule has 0 aromatic carbocycles. The molecule has 1 aliphatic heterocycles. The SMILES string of the molecule is NC(=O)C1CCCCN1C1CCCCCC1=O. The summed E-state index contributed by atoms with van der Waals surface area (Å²) in [7, 11) is 0. The lowest BCUT2D eigenvalue weighted by atomic mass is 9.95. The van der Waals surface area contributed by atoms with Crippen LogP contribution in [0.2, 0.25) is 0 Å². The summed E-state index contributed by atoms with van der Waals surface area (Å²) in [5, 5.41) is 0. The van der Waals surface area contributed by atoms with Crippen LogP contribution in [0.4, 0.5) is 0 Å². The number of hydrogen-bond acceptors (Lipinski definition) is 3. The molecule has 2 aliphatic rings. The molecule has 0 spiro atoms. The lowest BCUT2D eigenvalue weighted by Gasteiger charge is -2.38. The van der Waals surface area contributed by atoms with Gasteiger partial charge < -0.3 is 5.73 Å². The average Bonchev–Trinajstić information content (AvgIpc) is 2.54. The van der Waals surface area contributed by atoms with Gasteiger partial charge in [-0.2, -0.15) is 0 Å². The van der Waals surface area contributed by atoms with Crippen molar-refractivity contribution in [3.63, 3.8) is 0 Å². The molecule has 0 aromatic rings. The molecular weight excluding hydrogens is 216 g/mol. The fourth-order valence-corrected chi connectivity index (χ4v) is 3.12. The largest absolute Gasteiger partial charge is 0.368 e. The fourth-order valence-electron chi connectivity index (χ4n) is 3.12. The number of amides is 1. The Hall–Kier alpha value is -0.900. The monoisotopic (exact) mass is 238 g/mol. The molecule has 17 heavy (non-hydrogen) atoms. The second kappa shape index (κ2) is 5.63. The number of ketones is 1. The Balaban J connectivity index is 2.11. The van der Waals surface area contributed by atoms with Gasteiger partial charge in [0.1, 0.15) is 5.78 Å². The molecule has 2 rings (SSSR count). The first-order valence-electron chi connectivity index (χ1n) is 6.78. The number of nitrogens with two attached hydrogens (primary N) is 1. The van der Waals surface area contributed by atoms with Crippen LogP contribution in [0.15, 0.2) is 0 Å². The topological polar surface area (TPSA) is 63.4 Å². The van der Waals surface area contributed by atoms with Crippen LogP contribution in [0, 0.1) is 0 Å². The minimum atomic E-state index is -0.262. The molecule has 1 saturated carbocycles. The molecule has 2 fully saturated rings. The van der Waals surface area contributed by atoms with Crippen molar-refractivity contribution in [3.8, 4) is 0 Å². The number of primary amides is 1. The van der Waals surface area contributed by atoms with E-state index >= 15 is 0 Å². The molecule has 4 heteroatoms. The quantitative estimate of drug-likeness (QED) is 0.736. The van der Waals surface area contributed by atoms with E-state index in [9.17, 15) is 9.59 Å². The van der Waals surface area contributed by atoms with Crippen molar-refractivity contribution in [3.05, 3.63) is 0 Å². The molecule has 96 valence electrons. The molecule has 1 heterocycles. The summed E-state index contributed by atoms with van der Waals surface area (Å²) in [6.07, 6.45) is 7.76. The van der Waals surface area contributed by atoms with Crippen molar-refractivity contribution in [2.75, 3.05) is 6.54 Å². The van der Waals surface area contributed by atoms with Crippen LogP contribution < -0.4 is 5.73 Å². The molecule has 1 aliphatic carbocycles. The van der Waals surface area contributed by atoms with Crippen molar-refractivity contribution in [1.29, 1.82) is 0 Å². The van der Waals surface area contributed by atoms with E-state index in [2.05, 4.69) is 4.90 Å². The molecular formula is C13H22N2O2. The predicted octanol–water partition coefficient (Wildman–Crippen LogP) is 1.23. The first-order chi connectivity index (χ1) is 8.20. The van der Waals surface area contributed by atoms with Crippen LogP contribution in [0.25, 0.3) is 0 Å². The van der Waals surface area contributed by atoms with Crippen molar-refractivity contribution in [2.45, 2.75) is 63.5 Å². The number of hydrogen-bond donors (Lipinski definition) is 1. The summed E-state index contributed by atoms with van der Waals surface area (Å²) in [5.74, 6) is 0.0531. The minimum absolute atomic E-state index is 0.0460. The van der Waals surface area contributed by atoms with Crippen LogP contribution in [0.3, 0.4) is 0 Å².